The van der Waals surface area contributed by atoms with Crippen LogP contribution in [-0.4, -0.2) is 59.0 Å². The van der Waals surface area contributed by atoms with Crippen LogP contribution in [-0.2, 0) is 24.1 Å². The van der Waals surface area contributed by atoms with Gasteiger partial charge in [-0.2, -0.15) is 0 Å². The Morgan fingerprint density at radius 1 is 0.975 bits per heavy atom. The number of carbonyl (C=O) groups excluding carboxylic acids is 1. The number of aromatic hydroxyl groups is 2. The predicted octanol–water partition coefficient (Wildman–Crippen LogP) is 5.10. The van der Waals surface area contributed by atoms with Crippen molar-refractivity contribution in [2.24, 2.45) is 0 Å². The highest BCUT2D eigenvalue weighted by molar-refractivity contribution is 6.02. The van der Waals surface area contributed by atoms with Gasteiger partial charge in [-0.3, -0.25) is 9.69 Å². The lowest BCUT2D eigenvalue weighted by Gasteiger charge is -2.26. The first-order chi connectivity index (χ1) is 19.4. The molecule has 1 aromatic heterocycles. The van der Waals surface area contributed by atoms with Gasteiger partial charge in [0, 0.05) is 32.2 Å². The summed E-state index contributed by atoms with van der Waals surface area (Å²) in [7, 11) is 0. The molecular weight excluding hydrogens is 506 g/mol. The average Bonchev–Trinajstić information content (AvgIpc) is 3.39. The second-order valence-corrected chi connectivity index (χ2v) is 10.2. The fourth-order valence-corrected chi connectivity index (χ4v) is 5.09. The van der Waals surface area contributed by atoms with Crippen molar-refractivity contribution in [3.63, 3.8) is 0 Å². The van der Waals surface area contributed by atoms with Crippen molar-refractivity contribution in [3.8, 4) is 33.9 Å². The van der Waals surface area contributed by atoms with Gasteiger partial charge >= 0.3 is 0 Å². The maximum atomic E-state index is 13.0. The molecule has 5 rings (SSSR count). The quantitative estimate of drug-likeness (QED) is 0.271. The highest BCUT2D eigenvalue weighted by atomic mass is 16.5. The Morgan fingerprint density at radius 2 is 1.75 bits per heavy atom. The van der Waals surface area contributed by atoms with Crippen molar-refractivity contribution in [1.82, 2.24) is 15.4 Å². The molecular formula is C32H35N3O5. The molecule has 3 N–H and O–H groups in total. The number of amides is 1. The standard InChI is InChI=1S/C32H35N3O5/c1-3-33-32(38)30-29(24-10-8-23(9-11-24)20-35-13-15-39-16-14-35)31(40-34-30)26-18-25(27(36)19-28(26)37)12-7-22-6-4-5-21(2)17-22/h4-6,8-11,17-19,36-37H,3,7,12-16,20H2,1-2H3,(H,33,38). The summed E-state index contributed by atoms with van der Waals surface area (Å²) in [5.74, 6) is -0.230. The minimum atomic E-state index is -0.358. The third kappa shape index (κ3) is 6.19. The summed E-state index contributed by atoms with van der Waals surface area (Å²) in [6.07, 6.45) is 1.28. The normalized spacial score (nSPS) is 13.8. The molecule has 8 heteroatoms. The summed E-state index contributed by atoms with van der Waals surface area (Å²) in [6, 6.07) is 19.3. The number of carbonyl (C=O) groups is 1. The van der Waals surface area contributed by atoms with Gasteiger partial charge in [0.1, 0.15) is 11.5 Å². The van der Waals surface area contributed by atoms with Crippen LogP contribution in [0.2, 0.25) is 0 Å². The van der Waals surface area contributed by atoms with Crippen LogP contribution in [0.4, 0.5) is 0 Å². The number of rotatable bonds is 9. The molecule has 2 heterocycles. The van der Waals surface area contributed by atoms with Gasteiger partial charge < -0.3 is 24.8 Å². The average molecular weight is 542 g/mol. The van der Waals surface area contributed by atoms with Crippen LogP contribution >= 0.6 is 0 Å². The Labute approximate surface area is 234 Å². The van der Waals surface area contributed by atoms with Crippen LogP contribution in [0, 0.1) is 6.92 Å². The van der Waals surface area contributed by atoms with Gasteiger partial charge in [-0.15, -0.1) is 0 Å². The molecule has 4 aromatic rings. The van der Waals surface area contributed by atoms with Gasteiger partial charge in [0.25, 0.3) is 5.91 Å². The zero-order valence-electron chi connectivity index (χ0n) is 22.9. The molecule has 0 saturated carbocycles. The third-order valence-electron chi connectivity index (χ3n) is 7.20. The van der Waals surface area contributed by atoms with Gasteiger partial charge in [0.05, 0.1) is 24.3 Å². The maximum Gasteiger partial charge on any atom is 0.274 e. The number of nitrogens with zero attached hydrogens (tertiary/aromatic N) is 2. The topological polar surface area (TPSA) is 108 Å². The van der Waals surface area contributed by atoms with Crippen molar-refractivity contribution in [3.05, 3.63) is 88.6 Å². The van der Waals surface area contributed by atoms with E-state index in [9.17, 15) is 15.0 Å². The van der Waals surface area contributed by atoms with Gasteiger partial charge in [0.15, 0.2) is 11.5 Å². The van der Waals surface area contributed by atoms with Crippen LogP contribution in [0.3, 0.4) is 0 Å². The molecule has 0 atom stereocenters. The Balaban J connectivity index is 1.49. The van der Waals surface area contributed by atoms with Gasteiger partial charge in [-0.1, -0.05) is 59.3 Å². The molecule has 1 amide bonds. The molecule has 1 aliphatic heterocycles. The second-order valence-electron chi connectivity index (χ2n) is 10.2. The summed E-state index contributed by atoms with van der Waals surface area (Å²) in [5, 5.41) is 28.4. The van der Waals surface area contributed by atoms with Crippen molar-refractivity contribution in [1.29, 1.82) is 0 Å². The van der Waals surface area contributed by atoms with Gasteiger partial charge in [0.2, 0.25) is 0 Å². The Morgan fingerprint density at radius 3 is 2.48 bits per heavy atom. The van der Waals surface area contributed by atoms with E-state index in [1.54, 1.807) is 6.07 Å². The number of morpholine rings is 1. The number of aryl methyl sites for hydroxylation is 3. The highest BCUT2D eigenvalue weighted by Gasteiger charge is 2.26. The first kappa shape index (κ1) is 27.4. The van der Waals surface area contributed by atoms with Crippen LogP contribution in [0.25, 0.3) is 22.5 Å². The first-order valence-electron chi connectivity index (χ1n) is 13.7. The second kappa shape index (κ2) is 12.4. The van der Waals surface area contributed by atoms with Crippen LogP contribution in [0.5, 0.6) is 11.5 Å². The van der Waals surface area contributed by atoms with E-state index in [2.05, 4.69) is 27.5 Å². The lowest BCUT2D eigenvalue weighted by Crippen LogP contribution is -2.35. The number of hydrogen-bond donors (Lipinski definition) is 3. The summed E-state index contributed by atoms with van der Waals surface area (Å²) in [5.41, 5.74) is 5.90. The lowest BCUT2D eigenvalue weighted by atomic mass is 9.95. The molecule has 1 aliphatic rings. The van der Waals surface area contributed by atoms with Gasteiger partial charge in [-0.05, 0) is 55.0 Å². The number of phenols is 2. The molecule has 0 radical (unpaired) electrons. The lowest BCUT2D eigenvalue weighted by molar-refractivity contribution is 0.0342. The molecule has 0 bridgehead atoms. The van der Waals surface area contributed by atoms with Crippen molar-refractivity contribution >= 4 is 5.91 Å². The summed E-state index contributed by atoms with van der Waals surface area (Å²) >= 11 is 0. The monoisotopic (exact) mass is 541 g/mol. The zero-order valence-corrected chi connectivity index (χ0v) is 22.9. The summed E-state index contributed by atoms with van der Waals surface area (Å²) in [4.78, 5) is 15.3. The number of aromatic nitrogens is 1. The maximum absolute atomic E-state index is 13.0. The van der Waals surface area contributed by atoms with Crippen LogP contribution < -0.4 is 5.32 Å². The minimum absolute atomic E-state index is 0.00591. The predicted molar refractivity (Wildman–Crippen MR) is 153 cm³/mol. The Bertz CT molecular complexity index is 1470. The number of nitrogens with one attached hydrogen (secondary N) is 1. The molecule has 3 aromatic carbocycles. The molecule has 0 aliphatic carbocycles. The van der Waals surface area contributed by atoms with E-state index in [1.807, 2.05) is 50.2 Å². The number of ether oxygens (including phenoxy) is 1. The fourth-order valence-electron chi connectivity index (χ4n) is 5.09. The van der Waals surface area contributed by atoms with E-state index in [4.69, 9.17) is 9.26 Å². The van der Waals surface area contributed by atoms with E-state index in [1.165, 1.54) is 11.6 Å². The highest BCUT2D eigenvalue weighted by Crippen LogP contribution is 2.42. The van der Waals surface area contributed by atoms with E-state index in [0.717, 1.165) is 56.0 Å². The van der Waals surface area contributed by atoms with Crippen molar-refractivity contribution in [2.45, 2.75) is 33.2 Å². The molecule has 1 fully saturated rings. The van der Waals surface area contributed by atoms with Crippen LogP contribution in [0.15, 0.2) is 65.2 Å². The van der Waals surface area contributed by atoms with Crippen molar-refractivity contribution < 1.29 is 24.3 Å². The first-order valence-corrected chi connectivity index (χ1v) is 13.7. The Hall–Kier alpha value is -4.14. The zero-order chi connectivity index (χ0) is 28.1. The smallest absolute Gasteiger partial charge is 0.274 e. The number of phenolic OH excluding ortho intramolecular Hbond substituents is 2. The van der Waals surface area contributed by atoms with Gasteiger partial charge in [-0.25, -0.2) is 0 Å². The molecule has 208 valence electrons. The van der Waals surface area contributed by atoms with E-state index in [-0.39, 0.29) is 28.9 Å². The molecule has 0 spiro atoms. The fraction of sp³-hybridized carbons (Fsp3) is 0.312. The molecule has 1 saturated heterocycles. The molecule has 0 unspecified atom stereocenters. The van der Waals surface area contributed by atoms with Crippen molar-refractivity contribution in [2.75, 3.05) is 32.8 Å². The molecule has 40 heavy (non-hydrogen) atoms. The Kier molecular flexibility index (Phi) is 8.48. The summed E-state index contributed by atoms with van der Waals surface area (Å²) < 4.78 is 11.2. The van der Waals surface area contributed by atoms with E-state index in [0.29, 0.717) is 29.7 Å². The van der Waals surface area contributed by atoms with Crippen LogP contribution in [0.1, 0.15) is 39.7 Å². The molecule has 8 nitrogen and oxygen atoms in total. The minimum Gasteiger partial charge on any atom is -0.508 e. The summed E-state index contributed by atoms with van der Waals surface area (Å²) in [6.45, 7) is 8.40. The van der Waals surface area contributed by atoms with E-state index >= 15 is 0 Å². The third-order valence-corrected chi connectivity index (χ3v) is 7.20. The number of hydrogen-bond acceptors (Lipinski definition) is 7. The SMILES string of the molecule is CCNC(=O)c1noc(-c2cc(CCc3cccc(C)c3)c(O)cc2O)c1-c1ccc(CN2CCOCC2)cc1. The number of benzene rings is 3. The largest absolute Gasteiger partial charge is 0.508 e. The van der Waals surface area contributed by atoms with E-state index < -0.39 is 0 Å².